The van der Waals surface area contributed by atoms with Crippen molar-refractivity contribution < 1.29 is 4.39 Å². The smallest absolute Gasteiger partial charge is 0.241 e. The van der Waals surface area contributed by atoms with Crippen molar-refractivity contribution in [3.63, 3.8) is 0 Å². The van der Waals surface area contributed by atoms with Gasteiger partial charge in [-0.15, -0.1) is 5.10 Å². The van der Waals surface area contributed by atoms with Crippen LogP contribution in [0.4, 0.5) is 10.3 Å². The van der Waals surface area contributed by atoms with Gasteiger partial charge in [0.1, 0.15) is 6.17 Å². The summed E-state index contributed by atoms with van der Waals surface area (Å²) in [6.07, 6.45) is 5.08. The van der Waals surface area contributed by atoms with Gasteiger partial charge < -0.3 is 10.2 Å². The summed E-state index contributed by atoms with van der Waals surface area (Å²) in [5.74, 6) is 0.457. The molecule has 1 aliphatic heterocycles. The Morgan fingerprint density at radius 1 is 1.14 bits per heavy atom. The molecule has 148 valence electrons. The molecule has 29 heavy (non-hydrogen) atoms. The molecule has 4 aromatic rings. The SMILES string of the molecule is Cc1nc(NC2CCN(C)CC2F)nn2ccc(-c3ccc4nccnc4c3)c12. The summed E-state index contributed by atoms with van der Waals surface area (Å²) in [6.45, 7) is 3.24. The summed E-state index contributed by atoms with van der Waals surface area (Å²) >= 11 is 0. The molecule has 1 aromatic carbocycles. The lowest BCUT2D eigenvalue weighted by atomic mass is 10.0. The molecule has 7 nitrogen and oxygen atoms in total. The zero-order valence-electron chi connectivity index (χ0n) is 16.4. The Kier molecular flexibility index (Phi) is 4.35. The van der Waals surface area contributed by atoms with Crippen molar-refractivity contribution in [2.45, 2.75) is 25.6 Å². The van der Waals surface area contributed by atoms with E-state index in [1.54, 1.807) is 12.4 Å². The highest BCUT2D eigenvalue weighted by Crippen LogP contribution is 2.29. The second-order valence-electron chi connectivity index (χ2n) is 7.62. The normalized spacial score (nSPS) is 20.4. The minimum atomic E-state index is -0.938. The third-order valence-corrected chi connectivity index (χ3v) is 5.52. The Bertz CT molecular complexity index is 1190. The third-order valence-electron chi connectivity index (χ3n) is 5.52. The van der Waals surface area contributed by atoms with E-state index in [0.717, 1.165) is 46.3 Å². The van der Waals surface area contributed by atoms with Crippen LogP contribution in [0.3, 0.4) is 0 Å². The lowest BCUT2D eigenvalue weighted by Gasteiger charge is -2.32. The van der Waals surface area contributed by atoms with Crippen LogP contribution >= 0.6 is 0 Å². The maximum Gasteiger partial charge on any atom is 0.241 e. The lowest BCUT2D eigenvalue weighted by Crippen LogP contribution is -2.46. The Hall–Kier alpha value is -3.13. The number of alkyl halides is 1. The number of fused-ring (bicyclic) bond motifs is 2. The van der Waals surface area contributed by atoms with Gasteiger partial charge in [-0.2, -0.15) is 0 Å². The first kappa shape index (κ1) is 17.9. The summed E-state index contributed by atoms with van der Waals surface area (Å²) in [6, 6.07) is 7.78. The molecule has 1 saturated heterocycles. The Morgan fingerprint density at radius 2 is 1.97 bits per heavy atom. The molecule has 5 rings (SSSR count). The monoisotopic (exact) mass is 391 g/mol. The van der Waals surface area contributed by atoms with E-state index in [2.05, 4.69) is 25.4 Å². The van der Waals surface area contributed by atoms with Crippen LogP contribution in [-0.4, -0.2) is 61.8 Å². The Morgan fingerprint density at radius 3 is 2.79 bits per heavy atom. The second-order valence-corrected chi connectivity index (χ2v) is 7.62. The van der Waals surface area contributed by atoms with Gasteiger partial charge in [0.25, 0.3) is 0 Å². The fourth-order valence-corrected chi connectivity index (χ4v) is 4.01. The molecule has 8 heteroatoms. The van der Waals surface area contributed by atoms with Crippen molar-refractivity contribution >= 4 is 22.5 Å². The van der Waals surface area contributed by atoms with Crippen LogP contribution in [0.1, 0.15) is 12.1 Å². The number of aromatic nitrogens is 5. The molecule has 0 bridgehead atoms. The van der Waals surface area contributed by atoms with Crippen molar-refractivity contribution in [2.24, 2.45) is 0 Å². The number of likely N-dealkylation sites (tertiary alicyclic amines) is 1. The Labute approximate surface area is 167 Å². The highest BCUT2D eigenvalue weighted by Gasteiger charge is 2.28. The molecule has 1 aliphatic rings. The van der Waals surface area contributed by atoms with Crippen molar-refractivity contribution in [1.29, 1.82) is 0 Å². The number of halogens is 1. The second kappa shape index (κ2) is 7.04. The largest absolute Gasteiger partial charge is 0.347 e. The van der Waals surface area contributed by atoms with Gasteiger partial charge in [0.15, 0.2) is 0 Å². The predicted molar refractivity (Wildman–Crippen MR) is 111 cm³/mol. The van der Waals surface area contributed by atoms with Gasteiger partial charge in [-0.25, -0.2) is 13.9 Å². The van der Waals surface area contributed by atoms with Crippen LogP contribution in [-0.2, 0) is 0 Å². The third kappa shape index (κ3) is 3.29. The first-order valence-electron chi connectivity index (χ1n) is 9.75. The van der Waals surface area contributed by atoms with Gasteiger partial charge in [-0.1, -0.05) is 6.07 Å². The van der Waals surface area contributed by atoms with Crippen LogP contribution in [0.15, 0.2) is 42.9 Å². The van der Waals surface area contributed by atoms with Gasteiger partial charge in [0.05, 0.1) is 28.3 Å². The molecular formula is C21H22FN7. The molecule has 1 N–H and O–H groups in total. The average Bonchev–Trinajstić information content (AvgIpc) is 3.14. The molecular weight excluding hydrogens is 369 g/mol. The summed E-state index contributed by atoms with van der Waals surface area (Å²) in [5.41, 5.74) is 5.54. The van der Waals surface area contributed by atoms with Crippen molar-refractivity contribution in [3.05, 3.63) is 48.5 Å². The molecule has 1 fully saturated rings. The van der Waals surface area contributed by atoms with Gasteiger partial charge in [-0.05, 0) is 44.2 Å². The fourth-order valence-electron chi connectivity index (χ4n) is 4.01. The minimum Gasteiger partial charge on any atom is -0.347 e. The number of nitrogens with zero attached hydrogens (tertiary/aromatic N) is 6. The molecule has 0 radical (unpaired) electrons. The number of nitrogens with one attached hydrogen (secondary N) is 1. The van der Waals surface area contributed by atoms with Crippen molar-refractivity contribution in [1.82, 2.24) is 29.5 Å². The van der Waals surface area contributed by atoms with Gasteiger partial charge >= 0.3 is 0 Å². The van der Waals surface area contributed by atoms with E-state index < -0.39 is 6.17 Å². The van der Waals surface area contributed by atoms with E-state index in [0.29, 0.717) is 12.5 Å². The number of hydrogen-bond acceptors (Lipinski definition) is 6. The fraction of sp³-hybridized carbons (Fsp3) is 0.333. The number of hydrogen-bond donors (Lipinski definition) is 1. The first-order valence-corrected chi connectivity index (χ1v) is 9.75. The van der Waals surface area contributed by atoms with Crippen LogP contribution in [0.5, 0.6) is 0 Å². The van der Waals surface area contributed by atoms with Gasteiger partial charge in [0.2, 0.25) is 5.95 Å². The molecule has 3 aromatic heterocycles. The van der Waals surface area contributed by atoms with Crippen LogP contribution in [0, 0.1) is 6.92 Å². The highest BCUT2D eigenvalue weighted by molar-refractivity contribution is 5.88. The molecule has 0 amide bonds. The maximum absolute atomic E-state index is 14.4. The van der Waals surface area contributed by atoms with E-state index in [1.807, 2.05) is 53.8 Å². The average molecular weight is 391 g/mol. The minimum absolute atomic E-state index is 0.267. The van der Waals surface area contributed by atoms with Gasteiger partial charge in [0, 0.05) is 37.2 Å². The number of piperidine rings is 1. The van der Waals surface area contributed by atoms with Crippen molar-refractivity contribution in [2.75, 3.05) is 25.5 Å². The maximum atomic E-state index is 14.4. The summed E-state index contributed by atoms with van der Waals surface area (Å²) in [7, 11) is 1.94. The van der Waals surface area contributed by atoms with Crippen LogP contribution < -0.4 is 5.32 Å². The molecule has 0 spiro atoms. The van der Waals surface area contributed by atoms with E-state index in [4.69, 9.17) is 0 Å². The molecule has 2 unspecified atom stereocenters. The number of anilines is 1. The summed E-state index contributed by atoms with van der Waals surface area (Å²) in [4.78, 5) is 15.3. The highest BCUT2D eigenvalue weighted by atomic mass is 19.1. The first-order chi connectivity index (χ1) is 14.1. The quantitative estimate of drug-likeness (QED) is 0.579. The number of rotatable bonds is 3. The molecule has 0 aliphatic carbocycles. The molecule has 4 heterocycles. The predicted octanol–water partition coefficient (Wildman–Crippen LogP) is 3.10. The van der Waals surface area contributed by atoms with E-state index in [1.165, 1.54) is 0 Å². The van der Waals surface area contributed by atoms with Crippen LogP contribution in [0.2, 0.25) is 0 Å². The molecule has 2 atom stereocenters. The lowest BCUT2D eigenvalue weighted by molar-refractivity contribution is 0.149. The van der Waals surface area contributed by atoms with E-state index >= 15 is 0 Å². The van der Waals surface area contributed by atoms with E-state index in [-0.39, 0.29) is 6.04 Å². The summed E-state index contributed by atoms with van der Waals surface area (Å²) < 4.78 is 16.2. The zero-order valence-corrected chi connectivity index (χ0v) is 16.4. The number of benzene rings is 1. The molecule has 0 saturated carbocycles. The zero-order chi connectivity index (χ0) is 20.0. The van der Waals surface area contributed by atoms with Gasteiger partial charge in [-0.3, -0.25) is 9.97 Å². The van der Waals surface area contributed by atoms with Crippen molar-refractivity contribution in [3.8, 4) is 11.1 Å². The summed E-state index contributed by atoms with van der Waals surface area (Å²) in [5, 5.41) is 7.77. The van der Waals surface area contributed by atoms with E-state index in [9.17, 15) is 4.39 Å². The van der Waals surface area contributed by atoms with Crippen LogP contribution in [0.25, 0.3) is 27.7 Å². The Balaban J connectivity index is 1.49. The standard InChI is InChI=1S/C21H22FN7/c1-13-20-15(14-3-4-18-19(11-14)24-8-7-23-18)5-10-29(20)27-21(25-13)26-17-6-9-28(2)12-16(17)22/h3-5,7-8,10-11,16-17H,6,9,12H2,1-2H3,(H,26,27). The topological polar surface area (TPSA) is 71.2 Å². The number of aryl methyl sites for hydroxylation is 1.